The van der Waals surface area contributed by atoms with Crippen LogP contribution in [0.25, 0.3) is 16.8 Å². The van der Waals surface area contributed by atoms with Crippen molar-refractivity contribution in [2.45, 2.75) is 25.7 Å². The van der Waals surface area contributed by atoms with Crippen LogP contribution in [-0.2, 0) is 0 Å². The summed E-state index contributed by atoms with van der Waals surface area (Å²) in [4.78, 5) is 24.4. The van der Waals surface area contributed by atoms with Gasteiger partial charge in [-0.15, -0.1) is 0 Å². The first-order valence-corrected chi connectivity index (χ1v) is 11.1. The maximum atomic E-state index is 13.5. The van der Waals surface area contributed by atoms with E-state index in [-0.39, 0.29) is 17.6 Å². The summed E-state index contributed by atoms with van der Waals surface area (Å²) in [5, 5.41) is 4.26. The highest BCUT2D eigenvalue weighted by Crippen LogP contribution is 2.33. The van der Waals surface area contributed by atoms with Gasteiger partial charge in [0.05, 0.1) is 11.4 Å². The summed E-state index contributed by atoms with van der Waals surface area (Å²) < 4.78 is 15.2. The number of nitrogens with zero attached hydrogens (tertiary/aromatic N) is 5. The maximum absolute atomic E-state index is 13.5. The lowest BCUT2D eigenvalue weighted by molar-refractivity contribution is 0.0706. The van der Waals surface area contributed by atoms with Crippen molar-refractivity contribution in [2.75, 3.05) is 13.1 Å². The van der Waals surface area contributed by atoms with Crippen LogP contribution in [0.15, 0.2) is 73.2 Å². The molecule has 0 saturated carbocycles. The Morgan fingerprint density at radius 2 is 1.97 bits per heavy atom. The SMILES string of the molecule is Cc1ncc(-c2ccc(F)cc2)c(C2CCCN(C(=O)c3cccc(-n4cccn4)c3)C2)n1. The summed E-state index contributed by atoms with van der Waals surface area (Å²) in [7, 11) is 0. The van der Waals surface area contributed by atoms with Gasteiger partial charge in [0.1, 0.15) is 11.6 Å². The van der Waals surface area contributed by atoms with Gasteiger partial charge in [-0.1, -0.05) is 18.2 Å². The molecule has 166 valence electrons. The first-order valence-electron chi connectivity index (χ1n) is 11.1. The summed E-state index contributed by atoms with van der Waals surface area (Å²) in [5.74, 6) is 0.493. The Hall–Kier alpha value is -3.87. The zero-order valence-corrected chi connectivity index (χ0v) is 18.4. The average Bonchev–Trinajstić information content (AvgIpc) is 3.40. The molecule has 33 heavy (non-hydrogen) atoms. The monoisotopic (exact) mass is 441 g/mol. The standard InChI is InChI=1S/C26H24FN5O/c1-18-28-16-24(19-8-10-22(27)11-9-19)25(30-18)21-6-3-13-31(17-21)26(33)20-5-2-7-23(15-20)32-14-4-12-29-32/h2,4-5,7-12,14-16,21H,3,6,13,17H2,1H3. The molecule has 0 aliphatic carbocycles. The highest BCUT2D eigenvalue weighted by Gasteiger charge is 2.28. The summed E-state index contributed by atoms with van der Waals surface area (Å²) in [6.07, 6.45) is 7.20. The number of aromatic nitrogens is 4. The van der Waals surface area contributed by atoms with Gasteiger partial charge in [-0.25, -0.2) is 19.0 Å². The van der Waals surface area contributed by atoms with Crippen LogP contribution in [0.3, 0.4) is 0 Å². The summed E-state index contributed by atoms with van der Waals surface area (Å²) >= 11 is 0. The van der Waals surface area contributed by atoms with Gasteiger partial charge < -0.3 is 4.90 Å². The van der Waals surface area contributed by atoms with Gasteiger partial charge in [0.25, 0.3) is 5.91 Å². The normalized spacial score (nSPS) is 16.1. The molecule has 1 amide bonds. The Bertz CT molecular complexity index is 1270. The third-order valence-corrected chi connectivity index (χ3v) is 6.05. The number of halogens is 1. The smallest absolute Gasteiger partial charge is 0.253 e. The van der Waals surface area contributed by atoms with E-state index in [0.717, 1.165) is 35.3 Å². The van der Waals surface area contributed by atoms with E-state index in [1.165, 1.54) is 12.1 Å². The van der Waals surface area contributed by atoms with Gasteiger partial charge in [-0.3, -0.25) is 4.79 Å². The molecule has 0 bridgehead atoms. The fourth-order valence-corrected chi connectivity index (χ4v) is 4.42. The number of aryl methyl sites for hydroxylation is 1. The second kappa shape index (κ2) is 8.94. The molecule has 5 rings (SSSR count). The van der Waals surface area contributed by atoms with E-state index in [1.807, 2.05) is 48.4 Å². The van der Waals surface area contributed by atoms with Crippen molar-refractivity contribution in [1.82, 2.24) is 24.6 Å². The highest BCUT2D eigenvalue weighted by atomic mass is 19.1. The lowest BCUT2D eigenvalue weighted by Gasteiger charge is -2.33. The Labute approximate surface area is 191 Å². The molecule has 0 spiro atoms. The minimum atomic E-state index is -0.278. The maximum Gasteiger partial charge on any atom is 0.253 e. The van der Waals surface area contributed by atoms with E-state index in [0.29, 0.717) is 24.5 Å². The number of carbonyl (C=O) groups is 1. The molecule has 2 aromatic heterocycles. The van der Waals surface area contributed by atoms with E-state index in [9.17, 15) is 9.18 Å². The minimum absolute atomic E-state index is 0.00261. The van der Waals surface area contributed by atoms with Gasteiger partial charge in [0, 0.05) is 48.7 Å². The first kappa shape index (κ1) is 21.0. The Balaban J connectivity index is 1.42. The number of hydrogen-bond acceptors (Lipinski definition) is 4. The number of rotatable bonds is 4. The van der Waals surface area contributed by atoms with Gasteiger partial charge in [-0.05, 0) is 61.7 Å². The number of benzene rings is 2. The van der Waals surface area contributed by atoms with Crippen LogP contribution in [-0.4, -0.2) is 43.6 Å². The van der Waals surface area contributed by atoms with Crippen LogP contribution >= 0.6 is 0 Å². The van der Waals surface area contributed by atoms with Gasteiger partial charge in [-0.2, -0.15) is 5.10 Å². The van der Waals surface area contributed by atoms with Crippen LogP contribution in [0.5, 0.6) is 0 Å². The molecule has 6 nitrogen and oxygen atoms in total. The third-order valence-electron chi connectivity index (χ3n) is 6.05. The molecular weight excluding hydrogens is 417 g/mol. The summed E-state index contributed by atoms with van der Waals surface area (Å²) in [5.41, 5.74) is 4.17. The van der Waals surface area contributed by atoms with Crippen LogP contribution < -0.4 is 0 Å². The zero-order valence-electron chi connectivity index (χ0n) is 18.4. The van der Waals surface area contributed by atoms with E-state index < -0.39 is 0 Å². The third kappa shape index (κ3) is 4.39. The van der Waals surface area contributed by atoms with E-state index in [2.05, 4.69) is 10.1 Å². The molecule has 2 aromatic carbocycles. The number of carbonyl (C=O) groups excluding carboxylic acids is 1. The number of piperidine rings is 1. The molecule has 3 heterocycles. The number of likely N-dealkylation sites (tertiary alicyclic amines) is 1. The Kier molecular flexibility index (Phi) is 5.69. The topological polar surface area (TPSA) is 63.9 Å². The van der Waals surface area contributed by atoms with Crippen molar-refractivity contribution in [3.05, 3.63) is 96.1 Å². The highest BCUT2D eigenvalue weighted by molar-refractivity contribution is 5.95. The van der Waals surface area contributed by atoms with Crippen LogP contribution in [0.4, 0.5) is 4.39 Å². The first-order chi connectivity index (χ1) is 16.1. The molecule has 1 atom stereocenters. The average molecular weight is 442 g/mol. The fraction of sp³-hybridized carbons (Fsp3) is 0.231. The van der Waals surface area contributed by atoms with Crippen molar-refractivity contribution in [3.63, 3.8) is 0 Å². The molecular formula is C26H24FN5O. The molecule has 1 aliphatic heterocycles. The fourth-order valence-electron chi connectivity index (χ4n) is 4.42. The summed E-state index contributed by atoms with van der Waals surface area (Å²) in [6.45, 7) is 3.15. The zero-order chi connectivity index (χ0) is 22.8. The molecule has 1 fully saturated rings. The number of amides is 1. The van der Waals surface area contributed by atoms with Gasteiger partial charge in [0.2, 0.25) is 0 Å². The van der Waals surface area contributed by atoms with Crippen molar-refractivity contribution < 1.29 is 9.18 Å². The van der Waals surface area contributed by atoms with Crippen molar-refractivity contribution in [1.29, 1.82) is 0 Å². The molecule has 1 aliphatic rings. The van der Waals surface area contributed by atoms with Crippen LogP contribution in [0.1, 0.15) is 40.6 Å². The van der Waals surface area contributed by atoms with Gasteiger partial charge >= 0.3 is 0 Å². The van der Waals surface area contributed by atoms with Crippen molar-refractivity contribution in [2.24, 2.45) is 0 Å². The lowest BCUT2D eigenvalue weighted by Crippen LogP contribution is -2.39. The number of hydrogen-bond donors (Lipinski definition) is 0. The Morgan fingerprint density at radius 3 is 2.76 bits per heavy atom. The summed E-state index contributed by atoms with van der Waals surface area (Å²) in [6, 6.07) is 15.8. The van der Waals surface area contributed by atoms with E-state index >= 15 is 0 Å². The quantitative estimate of drug-likeness (QED) is 0.457. The second-order valence-corrected chi connectivity index (χ2v) is 8.31. The largest absolute Gasteiger partial charge is 0.338 e. The molecule has 0 radical (unpaired) electrons. The van der Waals surface area contributed by atoms with E-state index in [4.69, 9.17) is 4.98 Å². The second-order valence-electron chi connectivity index (χ2n) is 8.31. The Morgan fingerprint density at radius 1 is 1.12 bits per heavy atom. The molecule has 0 N–H and O–H groups in total. The predicted octanol–water partition coefficient (Wildman–Crippen LogP) is 4.80. The molecule has 1 unspecified atom stereocenters. The van der Waals surface area contributed by atoms with Crippen LogP contribution in [0.2, 0.25) is 0 Å². The molecule has 1 saturated heterocycles. The van der Waals surface area contributed by atoms with Crippen molar-refractivity contribution >= 4 is 5.91 Å². The predicted molar refractivity (Wildman–Crippen MR) is 124 cm³/mol. The van der Waals surface area contributed by atoms with Crippen LogP contribution in [0, 0.1) is 12.7 Å². The van der Waals surface area contributed by atoms with Gasteiger partial charge in [0.15, 0.2) is 0 Å². The lowest BCUT2D eigenvalue weighted by atomic mass is 9.89. The molecule has 4 aromatic rings. The van der Waals surface area contributed by atoms with E-state index in [1.54, 1.807) is 29.2 Å². The molecule has 7 heteroatoms. The minimum Gasteiger partial charge on any atom is -0.338 e. The van der Waals surface area contributed by atoms with Crippen molar-refractivity contribution in [3.8, 4) is 16.8 Å².